The second kappa shape index (κ2) is 3.18. The minimum Gasteiger partial charge on any atom is -0.322 e. The minimum atomic E-state index is -0.987. The van der Waals surface area contributed by atoms with Crippen molar-refractivity contribution in [2.24, 2.45) is 0 Å². The largest absolute Gasteiger partial charge is 0.322 e. The summed E-state index contributed by atoms with van der Waals surface area (Å²) >= 11 is 0. The van der Waals surface area contributed by atoms with Crippen LogP contribution in [0.15, 0.2) is 11.8 Å². The van der Waals surface area contributed by atoms with Crippen LogP contribution in [0.4, 0.5) is 0 Å². The van der Waals surface area contributed by atoms with E-state index >= 15 is 0 Å². The number of amides is 3. The average Bonchev–Trinajstić information content (AvgIpc) is 1.99. The number of nitrogens with one attached hydrogen (secondary N) is 2. The molecule has 0 atom stereocenters. The molecule has 68 valence electrons. The molecule has 0 saturated heterocycles. The fourth-order valence-corrected chi connectivity index (χ4v) is 0.777. The second-order valence-electron chi connectivity index (χ2n) is 2.39. The Balaban J connectivity index is 2.90. The van der Waals surface area contributed by atoms with Crippen molar-refractivity contribution in [3.05, 3.63) is 11.8 Å². The normalized spacial score (nSPS) is 16.4. The van der Waals surface area contributed by atoms with Crippen molar-refractivity contribution in [3.63, 3.8) is 0 Å². The maximum Gasteiger partial charge on any atom is 0.298 e. The molecule has 0 unspecified atom stereocenters. The summed E-state index contributed by atoms with van der Waals surface area (Å²) in [6, 6.07) is 0. The van der Waals surface area contributed by atoms with Gasteiger partial charge in [-0.1, -0.05) is 0 Å². The molecule has 0 aliphatic carbocycles. The summed E-state index contributed by atoms with van der Waals surface area (Å²) in [4.78, 5) is 42.8. The van der Waals surface area contributed by atoms with E-state index in [1.54, 1.807) is 5.32 Å². The van der Waals surface area contributed by atoms with Gasteiger partial charge in [-0.2, -0.15) is 0 Å². The van der Waals surface area contributed by atoms with Gasteiger partial charge in [0.05, 0.1) is 0 Å². The third-order valence-electron chi connectivity index (χ3n) is 1.28. The molecule has 6 heteroatoms. The molecule has 0 aromatic rings. The van der Waals surface area contributed by atoms with Crippen molar-refractivity contribution in [2.45, 2.75) is 6.92 Å². The standard InChI is InChI=1S/C7H6N2O4/c1-3(10)8-4-2-5(11)7(13)9-6(4)12/h2H,1H3,(H,8,10)(H,9,12,13). The van der Waals surface area contributed by atoms with Crippen LogP contribution in [-0.4, -0.2) is 23.5 Å². The highest BCUT2D eigenvalue weighted by molar-refractivity contribution is 6.46. The smallest absolute Gasteiger partial charge is 0.298 e. The number of imide groups is 1. The first kappa shape index (κ1) is 9.11. The topological polar surface area (TPSA) is 92.3 Å². The fraction of sp³-hybridized carbons (Fsp3) is 0.143. The van der Waals surface area contributed by atoms with Gasteiger partial charge in [-0.15, -0.1) is 0 Å². The lowest BCUT2D eigenvalue weighted by Gasteiger charge is -2.11. The van der Waals surface area contributed by atoms with Gasteiger partial charge in [0.25, 0.3) is 11.8 Å². The second-order valence-corrected chi connectivity index (χ2v) is 2.39. The van der Waals surface area contributed by atoms with E-state index in [0.717, 1.165) is 6.08 Å². The first-order valence-corrected chi connectivity index (χ1v) is 3.39. The zero-order valence-corrected chi connectivity index (χ0v) is 6.71. The van der Waals surface area contributed by atoms with Crippen LogP contribution in [0.3, 0.4) is 0 Å². The summed E-state index contributed by atoms with van der Waals surface area (Å²) in [5.41, 5.74) is -0.211. The summed E-state index contributed by atoms with van der Waals surface area (Å²) < 4.78 is 0. The number of carbonyl (C=O) groups is 4. The Hall–Kier alpha value is -1.98. The lowest BCUT2D eigenvalue weighted by molar-refractivity contribution is -0.139. The Morgan fingerprint density at radius 3 is 2.46 bits per heavy atom. The van der Waals surface area contributed by atoms with Crippen molar-refractivity contribution in [1.29, 1.82) is 0 Å². The van der Waals surface area contributed by atoms with Crippen molar-refractivity contribution in [3.8, 4) is 0 Å². The molecule has 2 N–H and O–H groups in total. The molecule has 0 bridgehead atoms. The predicted octanol–water partition coefficient (Wildman–Crippen LogP) is -1.77. The van der Waals surface area contributed by atoms with E-state index in [4.69, 9.17) is 0 Å². The Morgan fingerprint density at radius 2 is 1.92 bits per heavy atom. The molecule has 0 spiro atoms. The zero-order valence-electron chi connectivity index (χ0n) is 6.71. The third kappa shape index (κ3) is 1.98. The lowest BCUT2D eigenvalue weighted by Crippen LogP contribution is -2.44. The summed E-state index contributed by atoms with van der Waals surface area (Å²) in [7, 11) is 0. The summed E-state index contributed by atoms with van der Waals surface area (Å²) in [5, 5.41) is 3.89. The molecule has 1 rings (SSSR count). The Labute approximate surface area is 73.0 Å². The molecule has 0 saturated carbocycles. The van der Waals surface area contributed by atoms with E-state index in [1.807, 2.05) is 0 Å². The number of ketones is 1. The molecular formula is C7H6N2O4. The van der Waals surface area contributed by atoms with Crippen LogP contribution in [-0.2, 0) is 19.2 Å². The highest BCUT2D eigenvalue weighted by Crippen LogP contribution is 1.96. The van der Waals surface area contributed by atoms with Gasteiger partial charge in [-0.05, 0) is 0 Å². The van der Waals surface area contributed by atoms with E-state index in [0.29, 0.717) is 0 Å². The van der Waals surface area contributed by atoms with Crippen molar-refractivity contribution >= 4 is 23.5 Å². The SMILES string of the molecule is CC(=O)NC1=CC(=O)C(=O)NC1=O. The van der Waals surface area contributed by atoms with E-state index in [1.165, 1.54) is 6.92 Å². The Kier molecular flexibility index (Phi) is 2.23. The van der Waals surface area contributed by atoms with Crippen molar-refractivity contribution in [1.82, 2.24) is 10.6 Å². The summed E-state index contributed by atoms with van der Waals surface area (Å²) in [5.74, 6) is -3.11. The number of hydrogen-bond donors (Lipinski definition) is 2. The van der Waals surface area contributed by atoms with Crippen LogP contribution in [0.1, 0.15) is 6.92 Å². The van der Waals surface area contributed by atoms with Crippen LogP contribution < -0.4 is 10.6 Å². The molecule has 0 aromatic carbocycles. The predicted molar refractivity (Wildman–Crippen MR) is 40.1 cm³/mol. The molecular weight excluding hydrogens is 176 g/mol. The molecule has 0 radical (unpaired) electrons. The van der Waals surface area contributed by atoms with Gasteiger partial charge in [-0.25, -0.2) is 0 Å². The highest BCUT2D eigenvalue weighted by Gasteiger charge is 2.25. The minimum absolute atomic E-state index is 0.211. The Bertz CT molecular complexity index is 342. The van der Waals surface area contributed by atoms with Crippen LogP contribution in [0.5, 0.6) is 0 Å². The molecule has 1 aliphatic heterocycles. The quantitative estimate of drug-likeness (QED) is 0.371. The van der Waals surface area contributed by atoms with Crippen LogP contribution >= 0.6 is 0 Å². The summed E-state index contributed by atoms with van der Waals surface area (Å²) in [6.07, 6.45) is 0.794. The summed E-state index contributed by atoms with van der Waals surface area (Å²) in [6.45, 7) is 1.19. The van der Waals surface area contributed by atoms with Gasteiger partial charge in [-0.3, -0.25) is 24.5 Å². The molecule has 6 nitrogen and oxygen atoms in total. The molecule has 0 fully saturated rings. The van der Waals surface area contributed by atoms with Gasteiger partial charge in [0.15, 0.2) is 0 Å². The van der Waals surface area contributed by atoms with Gasteiger partial charge >= 0.3 is 0 Å². The first-order chi connectivity index (χ1) is 6.00. The lowest BCUT2D eigenvalue weighted by atomic mass is 10.2. The van der Waals surface area contributed by atoms with Crippen LogP contribution in [0.25, 0.3) is 0 Å². The molecule has 0 aromatic heterocycles. The molecule has 1 aliphatic rings. The number of hydrogen-bond acceptors (Lipinski definition) is 4. The van der Waals surface area contributed by atoms with Gasteiger partial charge < -0.3 is 5.32 Å². The van der Waals surface area contributed by atoms with Crippen LogP contribution in [0, 0.1) is 0 Å². The maximum atomic E-state index is 10.9. The van der Waals surface area contributed by atoms with Gasteiger partial charge in [0.1, 0.15) is 5.70 Å². The number of rotatable bonds is 1. The van der Waals surface area contributed by atoms with E-state index in [-0.39, 0.29) is 5.70 Å². The first-order valence-electron chi connectivity index (χ1n) is 3.39. The van der Waals surface area contributed by atoms with Gasteiger partial charge in [0.2, 0.25) is 11.7 Å². The van der Waals surface area contributed by atoms with E-state index < -0.39 is 23.5 Å². The third-order valence-corrected chi connectivity index (χ3v) is 1.28. The maximum absolute atomic E-state index is 10.9. The number of carbonyl (C=O) groups excluding carboxylic acids is 4. The van der Waals surface area contributed by atoms with Crippen LogP contribution in [0.2, 0.25) is 0 Å². The average molecular weight is 182 g/mol. The highest BCUT2D eigenvalue weighted by atomic mass is 16.2. The van der Waals surface area contributed by atoms with Gasteiger partial charge in [0, 0.05) is 13.0 Å². The molecule has 1 heterocycles. The molecule has 13 heavy (non-hydrogen) atoms. The van der Waals surface area contributed by atoms with Crippen molar-refractivity contribution < 1.29 is 19.2 Å². The Morgan fingerprint density at radius 1 is 1.31 bits per heavy atom. The van der Waals surface area contributed by atoms with E-state index in [2.05, 4.69) is 5.32 Å². The fourth-order valence-electron chi connectivity index (χ4n) is 0.777. The monoisotopic (exact) mass is 182 g/mol. The van der Waals surface area contributed by atoms with E-state index in [9.17, 15) is 19.2 Å². The zero-order chi connectivity index (χ0) is 10.0. The van der Waals surface area contributed by atoms with Crippen molar-refractivity contribution in [2.75, 3.05) is 0 Å². The molecule has 3 amide bonds.